The van der Waals surface area contributed by atoms with Crippen molar-refractivity contribution in [2.24, 2.45) is 5.92 Å². The molecule has 2 aliphatic heterocycles. The Balaban J connectivity index is 1.02. The molecule has 1 aromatic carbocycles. The van der Waals surface area contributed by atoms with Gasteiger partial charge in [-0.05, 0) is 69.2 Å². The summed E-state index contributed by atoms with van der Waals surface area (Å²) in [6, 6.07) is 7.21. The van der Waals surface area contributed by atoms with E-state index in [4.69, 9.17) is 9.84 Å². The van der Waals surface area contributed by atoms with Crippen molar-refractivity contribution < 1.29 is 28.3 Å². The molecular weight excluding hydrogens is 529 g/mol. The van der Waals surface area contributed by atoms with Crippen LogP contribution in [0.3, 0.4) is 0 Å². The Bertz CT molecular complexity index is 1620. The second-order valence-corrected chi connectivity index (χ2v) is 11.4. The van der Waals surface area contributed by atoms with Crippen LogP contribution in [0.4, 0.5) is 4.39 Å². The zero-order valence-electron chi connectivity index (χ0n) is 22.4. The summed E-state index contributed by atoms with van der Waals surface area (Å²) in [6.45, 7) is 2.03. The summed E-state index contributed by atoms with van der Waals surface area (Å²) in [5.41, 5.74) is 3.44. The summed E-state index contributed by atoms with van der Waals surface area (Å²) in [5, 5.41) is 7.11. The average molecular weight is 558 g/mol. The van der Waals surface area contributed by atoms with Crippen molar-refractivity contribution in [1.82, 2.24) is 25.0 Å². The summed E-state index contributed by atoms with van der Waals surface area (Å²) in [6.07, 6.45) is 6.05. The fraction of sp³-hybridized carbons (Fsp3) is 0.400. The number of imide groups is 2. The monoisotopic (exact) mass is 557 g/mol. The summed E-state index contributed by atoms with van der Waals surface area (Å²) in [7, 11) is 0. The van der Waals surface area contributed by atoms with Crippen molar-refractivity contribution in [2.45, 2.75) is 63.5 Å². The number of hydrogen-bond donors (Lipinski definition) is 1. The summed E-state index contributed by atoms with van der Waals surface area (Å²) in [5.74, 6) is -1.55. The third kappa shape index (κ3) is 4.39. The minimum Gasteiger partial charge on any atom is -0.492 e. The number of ether oxygens (including phenoxy) is 1. The number of aryl methyl sites for hydroxylation is 1. The quantitative estimate of drug-likeness (QED) is 0.440. The third-order valence-corrected chi connectivity index (χ3v) is 8.51. The van der Waals surface area contributed by atoms with Crippen LogP contribution in [0.1, 0.15) is 82.6 Å². The zero-order valence-corrected chi connectivity index (χ0v) is 22.4. The molecule has 11 heteroatoms. The molecule has 7 rings (SSSR count). The number of piperidine rings is 1. The summed E-state index contributed by atoms with van der Waals surface area (Å²) < 4.78 is 21.9. The van der Waals surface area contributed by atoms with Crippen LogP contribution in [-0.4, -0.2) is 55.9 Å². The number of carbonyl (C=O) groups is 4. The molecule has 0 bridgehead atoms. The van der Waals surface area contributed by atoms with Crippen molar-refractivity contribution in [3.8, 4) is 17.0 Å². The van der Waals surface area contributed by atoms with E-state index in [0.29, 0.717) is 24.0 Å². The normalized spacial score (nSPS) is 23.9. The second-order valence-electron chi connectivity index (χ2n) is 11.4. The summed E-state index contributed by atoms with van der Waals surface area (Å²) in [4.78, 5) is 55.7. The molecular formula is C30H28FN5O5. The topological polar surface area (TPSA) is 123 Å². The number of nitrogens with one attached hydrogen (secondary N) is 1. The second kappa shape index (κ2) is 9.60. The zero-order chi connectivity index (χ0) is 28.4. The van der Waals surface area contributed by atoms with Gasteiger partial charge in [-0.1, -0.05) is 6.07 Å². The van der Waals surface area contributed by atoms with Gasteiger partial charge in [-0.2, -0.15) is 5.10 Å². The van der Waals surface area contributed by atoms with Gasteiger partial charge < -0.3 is 4.74 Å². The molecule has 41 heavy (non-hydrogen) atoms. The maximum Gasteiger partial charge on any atom is 0.266 e. The Labute approximate surface area is 234 Å². The van der Waals surface area contributed by atoms with Crippen LogP contribution >= 0.6 is 0 Å². The van der Waals surface area contributed by atoms with E-state index < -0.39 is 29.7 Å². The molecule has 3 fully saturated rings. The number of aromatic nitrogens is 3. The molecule has 2 aromatic heterocycles. The minimum atomic E-state index is -1.02. The van der Waals surface area contributed by atoms with Crippen LogP contribution in [0, 0.1) is 18.7 Å². The highest BCUT2D eigenvalue weighted by atomic mass is 19.1. The predicted octanol–water partition coefficient (Wildman–Crippen LogP) is 3.70. The molecule has 2 aliphatic carbocycles. The van der Waals surface area contributed by atoms with Gasteiger partial charge in [0.2, 0.25) is 11.8 Å². The van der Waals surface area contributed by atoms with Gasteiger partial charge >= 0.3 is 0 Å². The molecule has 4 aliphatic rings. The van der Waals surface area contributed by atoms with Gasteiger partial charge in [-0.3, -0.25) is 34.1 Å². The molecule has 4 amide bonds. The first-order valence-electron chi connectivity index (χ1n) is 14.0. The number of amides is 4. The van der Waals surface area contributed by atoms with Gasteiger partial charge in [0.05, 0.1) is 40.9 Å². The Morgan fingerprint density at radius 3 is 2.56 bits per heavy atom. The van der Waals surface area contributed by atoms with E-state index in [-0.39, 0.29) is 41.7 Å². The van der Waals surface area contributed by atoms with Crippen molar-refractivity contribution in [3.63, 3.8) is 0 Å². The van der Waals surface area contributed by atoms with E-state index in [1.54, 1.807) is 31.2 Å². The van der Waals surface area contributed by atoms with E-state index in [9.17, 15) is 23.6 Å². The molecule has 2 saturated carbocycles. The van der Waals surface area contributed by atoms with Crippen LogP contribution in [-0.2, 0) is 9.59 Å². The lowest BCUT2D eigenvalue weighted by molar-refractivity contribution is -0.136. The maximum absolute atomic E-state index is 13.8. The lowest BCUT2D eigenvalue weighted by Crippen LogP contribution is -2.54. The average Bonchev–Trinajstić information content (AvgIpc) is 3.63. The van der Waals surface area contributed by atoms with E-state index in [1.165, 1.54) is 6.07 Å². The van der Waals surface area contributed by atoms with Gasteiger partial charge in [-0.25, -0.2) is 9.37 Å². The van der Waals surface area contributed by atoms with Crippen molar-refractivity contribution >= 4 is 23.6 Å². The Morgan fingerprint density at radius 1 is 1.02 bits per heavy atom. The van der Waals surface area contributed by atoms with E-state index in [2.05, 4.69) is 10.3 Å². The first-order valence-corrected chi connectivity index (χ1v) is 14.0. The van der Waals surface area contributed by atoms with Crippen LogP contribution < -0.4 is 10.1 Å². The molecule has 10 nitrogen and oxygen atoms in total. The number of carbonyl (C=O) groups excluding carboxylic acids is 4. The highest BCUT2D eigenvalue weighted by molar-refractivity contribution is 6.24. The molecule has 210 valence electrons. The lowest BCUT2D eigenvalue weighted by Gasteiger charge is -2.35. The van der Waals surface area contributed by atoms with Gasteiger partial charge in [0.25, 0.3) is 11.8 Å². The van der Waals surface area contributed by atoms with Crippen molar-refractivity contribution in [1.29, 1.82) is 0 Å². The summed E-state index contributed by atoms with van der Waals surface area (Å²) >= 11 is 0. The fourth-order valence-corrected chi connectivity index (χ4v) is 6.01. The SMILES string of the molecule is Cc1nc(-c2cn(C3CC(COc4cccc5c4C(=O)N(C4CCC(=O)NC4=O)C5=O)C3)nc2C2CC2)ccc1F. The standard InChI is InChI=1S/C30H28FN5O5/c1-15-21(31)7-8-22(32-15)20-13-35(34-27(20)17-5-6-17)18-11-16(12-18)14-41-24-4-2-3-19-26(24)30(40)36(29(19)39)23-9-10-25(37)33-28(23)38/h2-4,7-8,13,16-18,23H,5-6,9-12,14H2,1H3,(H,33,37,38). The first-order chi connectivity index (χ1) is 19.8. The Hall–Kier alpha value is -4.41. The molecule has 0 spiro atoms. The highest BCUT2D eigenvalue weighted by Crippen LogP contribution is 2.46. The number of fused-ring (bicyclic) bond motifs is 1. The van der Waals surface area contributed by atoms with Crippen LogP contribution in [0.15, 0.2) is 36.5 Å². The van der Waals surface area contributed by atoms with Gasteiger partial charge in [0.1, 0.15) is 17.6 Å². The van der Waals surface area contributed by atoms with Gasteiger partial charge in [-0.15, -0.1) is 0 Å². The Kier molecular flexibility index (Phi) is 5.98. The minimum absolute atomic E-state index is 0.0654. The number of halogens is 1. The smallest absolute Gasteiger partial charge is 0.266 e. The molecule has 4 heterocycles. The third-order valence-electron chi connectivity index (χ3n) is 8.51. The number of rotatable bonds is 7. The van der Waals surface area contributed by atoms with Gasteiger partial charge in [0, 0.05) is 24.1 Å². The molecule has 1 unspecified atom stereocenters. The number of benzene rings is 1. The number of pyridine rings is 1. The predicted molar refractivity (Wildman–Crippen MR) is 142 cm³/mol. The highest BCUT2D eigenvalue weighted by Gasteiger charge is 2.46. The maximum atomic E-state index is 13.8. The molecule has 1 N–H and O–H groups in total. The first kappa shape index (κ1) is 25.6. The number of hydrogen-bond acceptors (Lipinski definition) is 7. The van der Waals surface area contributed by atoms with Crippen molar-refractivity contribution in [3.05, 3.63) is 64.9 Å². The molecule has 0 radical (unpaired) electrons. The Morgan fingerprint density at radius 2 is 1.83 bits per heavy atom. The largest absolute Gasteiger partial charge is 0.492 e. The fourth-order valence-electron chi connectivity index (χ4n) is 6.01. The molecule has 1 atom stereocenters. The molecule has 1 saturated heterocycles. The van der Waals surface area contributed by atoms with Crippen LogP contribution in [0.25, 0.3) is 11.3 Å². The number of nitrogens with zero attached hydrogens (tertiary/aromatic N) is 4. The van der Waals surface area contributed by atoms with E-state index >= 15 is 0 Å². The van der Waals surface area contributed by atoms with Crippen LogP contribution in [0.2, 0.25) is 0 Å². The van der Waals surface area contributed by atoms with E-state index in [0.717, 1.165) is 47.5 Å². The van der Waals surface area contributed by atoms with Crippen LogP contribution in [0.5, 0.6) is 5.75 Å². The lowest BCUT2D eigenvalue weighted by atomic mass is 9.81. The van der Waals surface area contributed by atoms with Gasteiger partial charge in [0.15, 0.2) is 0 Å². The van der Waals surface area contributed by atoms with E-state index in [1.807, 2.05) is 10.9 Å². The molecule has 3 aromatic rings. The van der Waals surface area contributed by atoms with Crippen molar-refractivity contribution in [2.75, 3.05) is 6.61 Å².